The summed E-state index contributed by atoms with van der Waals surface area (Å²) in [4.78, 5) is 48.2. The number of rotatable bonds is 14. The molecule has 4 rings (SSSR count). The van der Waals surface area contributed by atoms with Gasteiger partial charge in [0.1, 0.15) is 23.3 Å². The highest BCUT2D eigenvalue weighted by Gasteiger charge is 2.58. The van der Waals surface area contributed by atoms with Crippen molar-refractivity contribution < 1.29 is 46.3 Å². The third-order valence-electron chi connectivity index (χ3n) is 7.75. The number of nitrogens with zero attached hydrogens (tertiary/aromatic N) is 3. The number of aryl methyl sites for hydroxylation is 1. The van der Waals surface area contributed by atoms with Crippen LogP contribution < -0.4 is 26.8 Å². The molecule has 2 aliphatic heterocycles. The van der Waals surface area contributed by atoms with Crippen LogP contribution in [0.4, 0.5) is 5.13 Å². The lowest BCUT2D eigenvalue weighted by Crippen LogP contribution is -2.76. The largest absolute Gasteiger partial charge is 0.485 e. The van der Waals surface area contributed by atoms with Crippen molar-refractivity contribution in [3.05, 3.63) is 52.7 Å². The number of aromatic nitrogens is 1. The molecule has 0 spiro atoms. The van der Waals surface area contributed by atoms with E-state index in [1.165, 1.54) is 26.2 Å². The quantitative estimate of drug-likeness (QED) is 0.0468. The highest BCUT2D eigenvalue weighted by atomic mass is 32.3. The Balaban J connectivity index is 1.54. The smallest absolute Gasteiger partial charge is 0.418 e. The molecule has 0 unspecified atom stereocenters. The van der Waals surface area contributed by atoms with Gasteiger partial charge in [-0.2, -0.15) is 13.5 Å². The number of nitrogen functional groups attached to an aromatic ring is 1. The van der Waals surface area contributed by atoms with Crippen LogP contribution in [0.5, 0.6) is 5.75 Å². The SMILES string of the molecule is C=C(CCCN)NC(=N)c1ccc2c(c1)CC[C@H]([C@](C)(O/N=C(\C(=O)N[C@@H]1C(=O)N(OS(=O)(=O)O)C1(C)C)c1csc(N)n1)C(=O)O)O2. The number of carboxylic acid groups (broad SMARTS) is 1. The summed E-state index contributed by atoms with van der Waals surface area (Å²) in [6.07, 6.45) is 0.781. The molecule has 0 bridgehead atoms. The number of hydrogen-bond acceptors (Lipinski definition) is 14. The zero-order valence-corrected chi connectivity index (χ0v) is 27.8. The van der Waals surface area contributed by atoms with Gasteiger partial charge in [0.25, 0.3) is 17.4 Å². The fourth-order valence-corrected chi connectivity index (χ4v) is 5.96. The Morgan fingerprint density at radius 1 is 1.38 bits per heavy atom. The molecule has 1 fully saturated rings. The molecule has 3 heterocycles. The number of carbonyl (C=O) groups is 3. The van der Waals surface area contributed by atoms with Crippen molar-refractivity contribution >= 4 is 56.2 Å². The topological polar surface area (TPSA) is 282 Å². The Morgan fingerprint density at radius 3 is 2.67 bits per heavy atom. The first-order chi connectivity index (χ1) is 22.4. The van der Waals surface area contributed by atoms with Gasteiger partial charge in [0.15, 0.2) is 16.9 Å². The van der Waals surface area contributed by atoms with Crippen LogP contribution in [0.25, 0.3) is 0 Å². The molecule has 0 radical (unpaired) electrons. The zero-order valence-electron chi connectivity index (χ0n) is 26.2. The molecule has 9 N–H and O–H groups in total. The van der Waals surface area contributed by atoms with E-state index in [2.05, 4.69) is 31.6 Å². The predicted molar refractivity (Wildman–Crippen MR) is 172 cm³/mol. The van der Waals surface area contributed by atoms with Crippen molar-refractivity contribution in [3.63, 3.8) is 0 Å². The summed E-state index contributed by atoms with van der Waals surface area (Å²) in [6, 6.07) is 3.67. The van der Waals surface area contributed by atoms with Gasteiger partial charge in [0, 0.05) is 16.6 Å². The molecule has 2 aromatic rings. The normalized spacial score (nSPS) is 20.0. The van der Waals surface area contributed by atoms with Crippen LogP contribution >= 0.6 is 11.3 Å². The molecule has 0 aliphatic carbocycles. The molecular formula is C28H36N8O10S2. The molecule has 0 saturated carbocycles. The van der Waals surface area contributed by atoms with Gasteiger partial charge in [-0.25, -0.2) is 9.78 Å². The highest BCUT2D eigenvalue weighted by molar-refractivity contribution is 7.80. The Labute approximate surface area is 279 Å². The fourth-order valence-electron chi connectivity index (χ4n) is 4.96. The first-order valence-corrected chi connectivity index (χ1v) is 16.7. The van der Waals surface area contributed by atoms with Gasteiger partial charge >= 0.3 is 16.4 Å². The predicted octanol–water partition coefficient (Wildman–Crippen LogP) is 0.691. The second kappa shape index (κ2) is 13.8. The molecule has 48 heavy (non-hydrogen) atoms. The number of hydrogen-bond donors (Lipinski definition) is 7. The summed E-state index contributed by atoms with van der Waals surface area (Å²) in [7, 11) is -5.03. The summed E-state index contributed by atoms with van der Waals surface area (Å²) in [5, 5.41) is 29.6. The maximum absolute atomic E-state index is 13.4. The lowest BCUT2D eigenvalue weighted by Gasteiger charge is -2.50. The number of β-lactam (4-membered cyclic amide) rings is 1. The molecule has 1 aromatic heterocycles. The molecule has 1 aromatic carbocycles. The number of hydroxylamine groups is 2. The van der Waals surface area contributed by atoms with E-state index in [-0.39, 0.29) is 23.1 Å². The molecule has 20 heteroatoms. The van der Waals surface area contributed by atoms with Crippen molar-refractivity contribution in [1.82, 2.24) is 20.7 Å². The van der Waals surface area contributed by atoms with Crippen molar-refractivity contribution in [1.29, 1.82) is 5.41 Å². The fraction of sp³-hybridized carbons (Fsp3) is 0.429. The summed E-state index contributed by atoms with van der Waals surface area (Å²) in [6.45, 7) is 8.36. The van der Waals surface area contributed by atoms with E-state index in [4.69, 9.17) is 31.0 Å². The van der Waals surface area contributed by atoms with Gasteiger partial charge in [-0.3, -0.25) is 19.6 Å². The van der Waals surface area contributed by atoms with Gasteiger partial charge in [0.05, 0.1) is 5.54 Å². The van der Waals surface area contributed by atoms with E-state index < -0.39 is 57.2 Å². The van der Waals surface area contributed by atoms with Crippen molar-refractivity contribution in [2.45, 2.75) is 69.7 Å². The van der Waals surface area contributed by atoms with Crippen molar-refractivity contribution in [3.8, 4) is 5.75 Å². The van der Waals surface area contributed by atoms with E-state index >= 15 is 0 Å². The Morgan fingerprint density at radius 2 is 2.08 bits per heavy atom. The summed E-state index contributed by atoms with van der Waals surface area (Å²) in [5.41, 5.74) is 9.03. The molecule has 2 aliphatic rings. The summed E-state index contributed by atoms with van der Waals surface area (Å²) in [5.74, 6) is -2.98. The third kappa shape index (κ3) is 7.73. The van der Waals surface area contributed by atoms with Crippen LogP contribution in [0, 0.1) is 5.41 Å². The number of oxime groups is 1. The number of thiazole rings is 1. The number of nitrogens with one attached hydrogen (secondary N) is 3. The number of aliphatic carboxylic acids is 1. The first-order valence-electron chi connectivity index (χ1n) is 14.4. The van der Waals surface area contributed by atoms with Crippen molar-refractivity contribution in [2.24, 2.45) is 10.9 Å². The monoisotopic (exact) mass is 708 g/mol. The van der Waals surface area contributed by atoms with E-state index in [0.717, 1.165) is 23.3 Å². The first kappa shape index (κ1) is 36.2. The number of benzene rings is 1. The molecule has 1 saturated heterocycles. The molecule has 260 valence electrons. The number of anilines is 1. The van der Waals surface area contributed by atoms with Crippen LogP contribution in [0.3, 0.4) is 0 Å². The maximum Gasteiger partial charge on any atom is 0.418 e. The minimum Gasteiger partial charge on any atom is -0.485 e. The number of ether oxygens (including phenoxy) is 1. The Bertz CT molecular complexity index is 1780. The van der Waals surface area contributed by atoms with E-state index in [9.17, 15) is 27.9 Å². The number of amidine groups is 1. The van der Waals surface area contributed by atoms with E-state index in [1.54, 1.807) is 18.2 Å². The van der Waals surface area contributed by atoms with E-state index in [0.29, 0.717) is 41.5 Å². The number of carboxylic acids is 1. The molecule has 2 amide bonds. The maximum atomic E-state index is 13.4. The minimum absolute atomic E-state index is 0.0500. The second-order valence-electron chi connectivity index (χ2n) is 11.7. The molecule has 18 nitrogen and oxygen atoms in total. The van der Waals surface area contributed by atoms with Crippen LogP contribution in [-0.2, 0) is 40.3 Å². The number of nitrogens with two attached hydrogens (primary N) is 2. The van der Waals surface area contributed by atoms with Crippen LogP contribution in [-0.4, -0.2) is 87.3 Å². The number of carbonyl (C=O) groups excluding carboxylic acids is 2. The lowest BCUT2D eigenvalue weighted by atomic mass is 9.84. The van der Waals surface area contributed by atoms with Gasteiger partial charge in [-0.15, -0.1) is 15.6 Å². The summed E-state index contributed by atoms with van der Waals surface area (Å²) < 4.78 is 41.6. The van der Waals surface area contributed by atoms with Gasteiger partial charge in [-0.1, -0.05) is 11.7 Å². The van der Waals surface area contributed by atoms with Crippen LogP contribution in [0.1, 0.15) is 56.9 Å². The lowest BCUT2D eigenvalue weighted by molar-refractivity contribution is -0.218. The van der Waals surface area contributed by atoms with E-state index in [1.807, 2.05) is 0 Å². The zero-order chi connectivity index (χ0) is 35.6. The molecular weight excluding hydrogens is 672 g/mol. The van der Waals surface area contributed by atoms with Crippen LogP contribution in [0.15, 0.2) is 41.0 Å². The average Bonchev–Trinajstić information content (AvgIpc) is 3.45. The number of amides is 2. The Hall–Kier alpha value is -4.63. The number of fused-ring (bicyclic) bond motifs is 1. The minimum atomic E-state index is -5.03. The second-order valence-corrected chi connectivity index (χ2v) is 13.6. The standard InChI is InChI=1S/C28H36N8O10S2/c1-14(6-5-11-29)32-22(30)16-7-9-18-15(12-16)8-10-19(44-18)28(4,25(39)40)45-35-20(17-13-47-26(31)33-17)23(37)34-21-24(38)36(27(21,2)3)46-48(41,42)43/h7,9,12-13,19,21H,1,5-6,8,10-11,29H2,2-4H3,(H2,30,32)(H2,31,33)(H,34,37)(H,39,40)(H,41,42,43)/b35-20-/t19-,21-,28+/m1/s1. The molecule has 3 atom stereocenters. The highest BCUT2D eigenvalue weighted by Crippen LogP contribution is 2.35. The van der Waals surface area contributed by atoms with Crippen LogP contribution in [0.2, 0.25) is 0 Å². The van der Waals surface area contributed by atoms with Gasteiger partial charge in [-0.05, 0) is 76.8 Å². The Kier molecular flexibility index (Phi) is 10.4. The van der Waals surface area contributed by atoms with Crippen molar-refractivity contribution in [2.75, 3.05) is 12.3 Å². The summed E-state index contributed by atoms with van der Waals surface area (Å²) >= 11 is 0.956. The van der Waals surface area contributed by atoms with Gasteiger partial charge < -0.3 is 36.8 Å². The number of allylic oxidation sites excluding steroid dienone is 1. The van der Waals surface area contributed by atoms with Gasteiger partial charge in [0.2, 0.25) is 0 Å². The average molecular weight is 709 g/mol. The third-order valence-corrected chi connectivity index (χ3v) is 8.76.